The number of aromatic nitrogens is 2. The number of nitrogens with one attached hydrogen (secondary N) is 1. The molecule has 0 radical (unpaired) electrons. The van der Waals surface area contributed by atoms with E-state index in [1.165, 1.54) is 11.9 Å². The summed E-state index contributed by atoms with van der Waals surface area (Å²) in [6, 6.07) is 18.8. The van der Waals surface area contributed by atoms with Crippen molar-refractivity contribution in [1.82, 2.24) is 9.97 Å². The van der Waals surface area contributed by atoms with Crippen LogP contribution in [0.5, 0.6) is 11.6 Å². The van der Waals surface area contributed by atoms with Gasteiger partial charge in [-0.25, -0.2) is 9.82 Å². The zero-order chi connectivity index (χ0) is 17.5. The minimum absolute atomic E-state index is 0.297. The Kier molecular flexibility index (Phi) is 6.08. The Bertz CT molecular complexity index is 836. The number of halogens is 1. The zero-order valence-corrected chi connectivity index (χ0v) is 14.9. The first-order valence-corrected chi connectivity index (χ1v) is 8.59. The maximum Gasteiger partial charge on any atom is 0.237 e. The number of anilines is 1. The second kappa shape index (κ2) is 8.68. The van der Waals surface area contributed by atoms with Crippen molar-refractivity contribution in [3.05, 3.63) is 65.8 Å². The minimum atomic E-state index is 0.297. The van der Waals surface area contributed by atoms with Crippen LogP contribution >= 0.6 is 23.5 Å². The van der Waals surface area contributed by atoms with Gasteiger partial charge in [-0.1, -0.05) is 35.9 Å². The predicted octanol–water partition coefficient (Wildman–Crippen LogP) is 3.80. The summed E-state index contributed by atoms with van der Waals surface area (Å²) in [5.41, 5.74) is 2.64. The minimum Gasteiger partial charge on any atom is -0.439 e. The van der Waals surface area contributed by atoms with Crippen LogP contribution in [0.2, 0.25) is 5.15 Å². The molecule has 0 aliphatic carbocycles. The molecule has 0 saturated heterocycles. The molecule has 0 saturated carbocycles. The molecule has 0 atom stereocenters. The summed E-state index contributed by atoms with van der Waals surface area (Å²) in [4.78, 5) is 14.5. The van der Waals surface area contributed by atoms with Gasteiger partial charge in [-0.15, -0.1) is 0 Å². The number of para-hydroxylation sites is 1. The lowest BCUT2D eigenvalue weighted by atomic mass is 10.3. The molecule has 0 aliphatic heterocycles. The first-order valence-electron chi connectivity index (χ1n) is 7.39. The van der Waals surface area contributed by atoms with Crippen LogP contribution in [0.3, 0.4) is 0 Å². The molecule has 8 heteroatoms. The number of hydrogen-bond acceptors (Lipinski definition) is 6. The number of ether oxygens (including phenoxy) is 1. The lowest BCUT2D eigenvalue weighted by molar-refractivity contribution is -0.830. The molecule has 0 spiro atoms. The number of nitrogens with zero attached hydrogens (tertiary/aromatic N) is 2. The van der Waals surface area contributed by atoms with Crippen molar-refractivity contribution in [1.29, 1.82) is 0 Å². The van der Waals surface area contributed by atoms with E-state index in [9.17, 15) is 0 Å². The third-order valence-electron chi connectivity index (χ3n) is 3.01. The van der Waals surface area contributed by atoms with E-state index in [4.69, 9.17) is 21.2 Å². The van der Waals surface area contributed by atoms with E-state index in [0.29, 0.717) is 22.7 Å². The molecule has 0 amide bonds. The Labute approximate surface area is 154 Å². The van der Waals surface area contributed by atoms with Crippen LogP contribution in [0.4, 0.5) is 11.6 Å². The highest BCUT2D eigenvalue weighted by molar-refractivity contribution is 8.00. The van der Waals surface area contributed by atoms with Gasteiger partial charge in [0, 0.05) is 23.1 Å². The van der Waals surface area contributed by atoms with Gasteiger partial charge in [0.25, 0.3) is 0 Å². The van der Waals surface area contributed by atoms with E-state index in [1.807, 2.05) is 54.6 Å². The maximum absolute atomic E-state index is 6.06. The summed E-state index contributed by atoms with van der Waals surface area (Å²) in [5, 5.41) is 0.297. The largest absolute Gasteiger partial charge is 0.439 e. The van der Waals surface area contributed by atoms with Crippen molar-refractivity contribution >= 4 is 35.2 Å². The SMILES string of the molecule is CO[NH2+]c1cccc(SNc2nc(Cl)cc(Oc3ccccc3)n2)c1. The van der Waals surface area contributed by atoms with Crippen LogP contribution in [0.15, 0.2) is 65.6 Å². The number of quaternary nitrogens is 1. The first-order chi connectivity index (χ1) is 12.2. The standard InChI is InChI=1S/C17H15ClN4O2S/c1-23-21-12-6-5-9-14(10-12)25-22-17-19-15(18)11-16(20-17)24-13-7-3-2-4-8-13/h2-11,21H,1H3,(H,19,20,22)/p+1. The van der Waals surface area contributed by atoms with Crippen LogP contribution in [0, 0.1) is 0 Å². The zero-order valence-electron chi connectivity index (χ0n) is 13.3. The first kappa shape index (κ1) is 17.5. The second-order valence-corrected chi connectivity index (χ2v) is 6.16. The van der Waals surface area contributed by atoms with Crippen molar-refractivity contribution < 1.29 is 15.1 Å². The van der Waals surface area contributed by atoms with E-state index in [0.717, 1.165) is 10.6 Å². The molecule has 0 unspecified atom stereocenters. The predicted molar refractivity (Wildman–Crippen MR) is 98.1 cm³/mol. The monoisotopic (exact) mass is 375 g/mol. The number of rotatable bonds is 7. The number of benzene rings is 2. The highest BCUT2D eigenvalue weighted by Gasteiger charge is 2.07. The maximum atomic E-state index is 6.06. The Morgan fingerprint density at radius 3 is 2.68 bits per heavy atom. The summed E-state index contributed by atoms with van der Waals surface area (Å²) in [7, 11) is 1.62. The van der Waals surface area contributed by atoms with Crippen LogP contribution in [0.25, 0.3) is 0 Å². The fraction of sp³-hybridized carbons (Fsp3) is 0.0588. The Morgan fingerprint density at radius 1 is 1.04 bits per heavy atom. The van der Waals surface area contributed by atoms with Crippen molar-refractivity contribution in [2.24, 2.45) is 0 Å². The van der Waals surface area contributed by atoms with Gasteiger partial charge in [0.2, 0.25) is 11.8 Å². The van der Waals surface area contributed by atoms with Gasteiger partial charge in [-0.2, -0.15) is 10.5 Å². The van der Waals surface area contributed by atoms with Crippen LogP contribution < -0.4 is 14.9 Å². The van der Waals surface area contributed by atoms with Crippen molar-refractivity contribution in [3.63, 3.8) is 0 Å². The average molecular weight is 376 g/mol. The Morgan fingerprint density at radius 2 is 1.88 bits per heavy atom. The summed E-state index contributed by atoms with van der Waals surface area (Å²) in [5.74, 6) is 1.42. The molecule has 0 fully saturated rings. The third kappa shape index (κ3) is 5.33. The molecule has 25 heavy (non-hydrogen) atoms. The molecule has 3 N–H and O–H groups in total. The summed E-state index contributed by atoms with van der Waals surface area (Å²) in [6.07, 6.45) is 0. The molecule has 0 bridgehead atoms. The van der Waals surface area contributed by atoms with E-state index in [2.05, 4.69) is 14.7 Å². The molecule has 128 valence electrons. The average Bonchev–Trinajstić information content (AvgIpc) is 2.61. The third-order valence-corrected chi connectivity index (χ3v) is 3.98. The quantitative estimate of drug-likeness (QED) is 0.283. The smallest absolute Gasteiger partial charge is 0.237 e. The highest BCUT2D eigenvalue weighted by Crippen LogP contribution is 2.25. The van der Waals surface area contributed by atoms with Crippen LogP contribution in [0.1, 0.15) is 0 Å². The molecule has 1 aromatic heterocycles. The molecule has 0 aliphatic rings. The van der Waals surface area contributed by atoms with Gasteiger partial charge < -0.3 is 4.74 Å². The molecular formula is C17H16ClN4O2S+. The van der Waals surface area contributed by atoms with Gasteiger partial charge in [-0.05, 0) is 30.1 Å². The van der Waals surface area contributed by atoms with Gasteiger partial charge in [-0.3, -0.25) is 4.72 Å². The summed E-state index contributed by atoms with van der Waals surface area (Å²) < 4.78 is 8.77. The normalized spacial score (nSPS) is 10.5. The molecule has 6 nitrogen and oxygen atoms in total. The second-order valence-electron chi connectivity index (χ2n) is 4.90. The van der Waals surface area contributed by atoms with Crippen LogP contribution in [-0.4, -0.2) is 17.1 Å². The lowest BCUT2D eigenvalue weighted by Crippen LogP contribution is -2.75. The van der Waals surface area contributed by atoms with E-state index in [-0.39, 0.29) is 0 Å². The summed E-state index contributed by atoms with van der Waals surface area (Å²) in [6.45, 7) is 0. The Balaban J connectivity index is 1.69. The van der Waals surface area contributed by atoms with Gasteiger partial charge in [0.15, 0.2) is 5.69 Å². The molecule has 1 heterocycles. The van der Waals surface area contributed by atoms with Crippen LogP contribution in [-0.2, 0) is 4.84 Å². The van der Waals surface area contributed by atoms with Crippen molar-refractivity contribution in [2.45, 2.75) is 4.90 Å². The summed E-state index contributed by atoms with van der Waals surface area (Å²) >= 11 is 7.44. The molecular weight excluding hydrogens is 360 g/mol. The van der Waals surface area contributed by atoms with Gasteiger partial charge >= 0.3 is 0 Å². The number of hydrogen-bond donors (Lipinski definition) is 2. The van der Waals surface area contributed by atoms with E-state index in [1.54, 1.807) is 18.7 Å². The van der Waals surface area contributed by atoms with Crippen molar-refractivity contribution in [2.75, 3.05) is 11.8 Å². The molecule has 2 aromatic carbocycles. The van der Waals surface area contributed by atoms with Gasteiger partial charge in [0.1, 0.15) is 10.9 Å². The van der Waals surface area contributed by atoms with Gasteiger partial charge in [0.05, 0.1) is 7.11 Å². The molecule has 3 rings (SSSR count). The lowest BCUT2D eigenvalue weighted by Gasteiger charge is -2.08. The molecule has 3 aromatic rings. The highest BCUT2D eigenvalue weighted by atomic mass is 35.5. The topological polar surface area (TPSA) is 72.9 Å². The Hall–Kier alpha value is -2.32. The fourth-order valence-corrected chi connectivity index (χ4v) is 2.81. The van der Waals surface area contributed by atoms with Crippen molar-refractivity contribution in [3.8, 4) is 11.6 Å². The fourth-order valence-electron chi connectivity index (χ4n) is 2.00. The van der Waals surface area contributed by atoms with E-state index >= 15 is 0 Å². The van der Waals surface area contributed by atoms with E-state index < -0.39 is 0 Å². The number of nitrogens with two attached hydrogens (primary N) is 1.